The largest absolute Gasteiger partial charge is 0.497 e. The number of rotatable bonds is 9. The van der Waals surface area contributed by atoms with Crippen LogP contribution in [0.5, 0.6) is 17.2 Å². The van der Waals surface area contributed by atoms with Gasteiger partial charge >= 0.3 is 0 Å². The van der Waals surface area contributed by atoms with E-state index in [0.29, 0.717) is 35.6 Å². The zero-order chi connectivity index (χ0) is 23.6. The SMILES string of the molecule is COc1ccc(S(=O)(=O)Nc2noc3cc(Cn4cc(CN)cn4)cc(OC)c23)c(OC)c1.Cl. The molecule has 0 saturated carbocycles. The highest BCUT2D eigenvalue weighted by Crippen LogP contribution is 2.36. The lowest BCUT2D eigenvalue weighted by atomic mass is 10.1. The molecule has 13 heteroatoms. The van der Waals surface area contributed by atoms with Crippen LogP contribution in [0.2, 0.25) is 0 Å². The van der Waals surface area contributed by atoms with Gasteiger partial charge in [0.15, 0.2) is 11.4 Å². The summed E-state index contributed by atoms with van der Waals surface area (Å²) in [7, 11) is 0.276. The molecule has 0 spiro atoms. The van der Waals surface area contributed by atoms with E-state index in [1.54, 1.807) is 23.0 Å². The monoisotopic (exact) mass is 509 g/mol. The number of anilines is 1. The normalized spacial score (nSPS) is 11.2. The van der Waals surface area contributed by atoms with Gasteiger partial charge in [-0.05, 0) is 29.8 Å². The summed E-state index contributed by atoms with van der Waals surface area (Å²) in [6.07, 6.45) is 3.55. The number of ether oxygens (including phenoxy) is 3. The van der Waals surface area contributed by atoms with Gasteiger partial charge in [-0.3, -0.25) is 9.40 Å². The molecule has 0 radical (unpaired) electrons. The highest BCUT2D eigenvalue weighted by molar-refractivity contribution is 7.92. The topological polar surface area (TPSA) is 144 Å². The summed E-state index contributed by atoms with van der Waals surface area (Å²) in [4.78, 5) is -0.0769. The van der Waals surface area contributed by atoms with Crippen LogP contribution in [0.4, 0.5) is 5.82 Å². The molecule has 4 aromatic rings. The summed E-state index contributed by atoms with van der Waals surface area (Å²) in [6, 6.07) is 7.91. The molecule has 11 nitrogen and oxygen atoms in total. The van der Waals surface area contributed by atoms with Crippen LogP contribution in [0.1, 0.15) is 11.1 Å². The molecule has 2 aromatic carbocycles. The third-order valence-corrected chi connectivity index (χ3v) is 6.35. The Morgan fingerprint density at radius 2 is 1.82 bits per heavy atom. The van der Waals surface area contributed by atoms with Crippen molar-refractivity contribution in [2.75, 3.05) is 26.1 Å². The molecule has 0 aliphatic heterocycles. The lowest BCUT2D eigenvalue weighted by molar-refractivity contribution is 0.386. The Bertz CT molecular complexity index is 1400. The van der Waals surface area contributed by atoms with E-state index in [-0.39, 0.29) is 28.9 Å². The van der Waals surface area contributed by atoms with Gasteiger partial charge in [0.25, 0.3) is 10.0 Å². The van der Waals surface area contributed by atoms with E-state index in [0.717, 1.165) is 11.1 Å². The number of nitrogens with two attached hydrogens (primary N) is 1. The minimum atomic E-state index is -4.06. The van der Waals surface area contributed by atoms with Gasteiger partial charge in [0.2, 0.25) is 0 Å². The standard InChI is InChI=1S/C21H23N5O6S.ClH/c1-29-15-4-5-19(16(8-15)30-2)33(27,28)25-21-20-17(31-3)6-13(7-18(20)32-24-21)11-26-12-14(9-22)10-23-26;/h4-8,10,12H,9,11,22H2,1-3H3,(H,24,25);1H. The number of halogens is 1. The molecule has 0 aliphatic carbocycles. The molecule has 0 saturated heterocycles. The first-order valence-electron chi connectivity index (χ1n) is 9.81. The number of nitrogens with one attached hydrogen (secondary N) is 1. The fraction of sp³-hybridized carbons (Fsp3) is 0.238. The van der Waals surface area contributed by atoms with Crippen LogP contribution < -0.4 is 24.7 Å². The maximum Gasteiger partial charge on any atom is 0.266 e. The van der Waals surface area contributed by atoms with Crippen LogP contribution in [0.15, 0.2) is 52.1 Å². The number of benzene rings is 2. The number of aromatic nitrogens is 3. The predicted molar refractivity (Wildman–Crippen MR) is 127 cm³/mol. The summed E-state index contributed by atoms with van der Waals surface area (Å²) >= 11 is 0. The number of methoxy groups -OCH3 is 3. The van der Waals surface area contributed by atoms with Crippen molar-refractivity contribution in [2.24, 2.45) is 5.73 Å². The summed E-state index contributed by atoms with van der Waals surface area (Å²) in [6.45, 7) is 0.837. The molecular formula is C21H24ClN5O6S. The molecule has 34 heavy (non-hydrogen) atoms. The molecule has 0 unspecified atom stereocenters. The van der Waals surface area contributed by atoms with E-state index in [4.69, 9.17) is 24.5 Å². The van der Waals surface area contributed by atoms with Crippen molar-refractivity contribution in [1.29, 1.82) is 0 Å². The van der Waals surface area contributed by atoms with Crippen molar-refractivity contribution >= 4 is 39.2 Å². The maximum atomic E-state index is 13.1. The summed E-state index contributed by atoms with van der Waals surface area (Å²) in [5.41, 5.74) is 7.73. The molecule has 2 heterocycles. The average Bonchev–Trinajstić information content (AvgIpc) is 3.44. The number of sulfonamides is 1. The number of hydrogen-bond acceptors (Lipinski definition) is 9. The van der Waals surface area contributed by atoms with Crippen molar-refractivity contribution in [3.8, 4) is 17.2 Å². The minimum Gasteiger partial charge on any atom is -0.497 e. The first-order chi connectivity index (χ1) is 15.9. The second-order valence-corrected chi connectivity index (χ2v) is 8.73. The number of nitrogens with zero attached hydrogens (tertiary/aromatic N) is 3. The highest BCUT2D eigenvalue weighted by Gasteiger charge is 2.25. The van der Waals surface area contributed by atoms with E-state index < -0.39 is 10.0 Å². The fourth-order valence-corrected chi connectivity index (χ4v) is 4.53. The van der Waals surface area contributed by atoms with Gasteiger partial charge in [0.05, 0.1) is 34.1 Å². The van der Waals surface area contributed by atoms with E-state index >= 15 is 0 Å². The van der Waals surface area contributed by atoms with E-state index in [1.165, 1.54) is 39.5 Å². The molecule has 0 bridgehead atoms. The Labute approximate surface area is 202 Å². The van der Waals surface area contributed by atoms with Gasteiger partial charge in [0, 0.05) is 24.4 Å². The van der Waals surface area contributed by atoms with Crippen LogP contribution in [-0.4, -0.2) is 44.7 Å². The summed E-state index contributed by atoms with van der Waals surface area (Å²) in [5, 5.41) is 8.58. The van der Waals surface area contributed by atoms with Crippen LogP contribution in [0.25, 0.3) is 11.0 Å². The maximum absolute atomic E-state index is 13.1. The minimum absolute atomic E-state index is 0. The number of fused-ring (bicyclic) bond motifs is 1. The smallest absolute Gasteiger partial charge is 0.266 e. The molecule has 0 aliphatic rings. The fourth-order valence-electron chi connectivity index (χ4n) is 3.38. The van der Waals surface area contributed by atoms with Gasteiger partial charge in [0.1, 0.15) is 27.5 Å². The van der Waals surface area contributed by atoms with E-state index in [9.17, 15) is 8.42 Å². The quantitative estimate of drug-likeness (QED) is 0.348. The summed E-state index contributed by atoms with van der Waals surface area (Å²) < 4.78 is 51.6. The molecule has 3 N–H and O–H groups in total. The van der Waals surface area contributed by atoms with E-state index in [2.05, 4.69) is 15.0 Å². The lowest BCUT2D eigenvalue weighted by Crippen LogP contribution is -2.14. The Hall–Kier alpha value is -3.48. The van der Waals surface area contributed by atoms with Gasteiger partial charge in [-0.15, -0.1) is 12.4 Å². The van der Waals surface area contributed by atoms with Gasteiger partial charge < -0.3 is 24.5 Å². The third kappa shape index (κ3) is 4.88. The van der Waals surface area contributed by atoms with Crippen LogP contribution in [0, 0.1) is 0 Å². The van der Waals surface area contributed by atoms with Gasteiger partial charge in [-0.25, -0.2) is 8.42 Å². The number of hydrogen-bond donors (Lipinski definition) is 2. The van der Waals surface area contributed by atoms with Crippen LogP contribution >= 0.6 is 12.4 Å². The second-order valence-electron chi connectivity index (χ2n) is 7.07. The van der Waals surface area contributed by atoms with Crippen molar-refractivity contribution in [3.05, 3.63) is 53.9 Å². The molecule has 0 fully saturated rings. The predicted octanol–water partition coefficient (Wildman–Crippen LogP) is 2.78. The average molecular weight is 510 g/mol. The zero-order valence-corrected chi connectivity index (χ0v) is 20.3. The molecule has 4 rings (SSSR count). The lowest BCUT2D eigenvalue weighted by Gasteiger charge is -2.12. The molecule has 0 amide bonds. The Morgan fingerprint density at radius 1 is 1.06 bits per heavy atom. The Kier molecular flexibility index (Phi) is 7.54. The van der Waals surface area contributed by atoms with Crippen molar-refractivity contribution in [3.63, 3.8) is 0 Å². The molecular weight excluding hydrogens is 486 g/mol. The van der Waals surface area contributed by atoms with Crippen molar-refractivity contribution in [1.82, 2.24) is 14.9 Å². The first-order valence-corrected chi connectivity index (χ1v) is 11.3. The summed E-state index contributed by atoms with van der Waals surface area (Å²) in [5.74, 6) is 0.979. The Balaban J connectivity index is 0.00000324. The van der Waals surface area contributed by atoms with Crippen LogP contribution in [-0.2, 0) is 23.1 Å². The zero-order valence-electron chi connectivity index (χ0n) is 18.6. The molecule has 182 valence electrons. The second kappa shape index (κ2) is 10.2. The van der Waals surface area contributed by atoms with Crippen molar-refractivity contribution in [2.45, 2.75) is 18.0 Å². The van der Waals surface area contributed by atoms with E-state index in [1.807, 2.05) is 6.20 Å². The molecule has 2 aromatic heterocycles. The third-order valence-electron chi connectivity index (χ3n) is 4.98. The van der Waals surface area contributed by atoms with Crippen molar-refractivity contribution < 1.29 is 27.2 Å². The highest BCUT2D eigenvalue weighted by atomic mass is 35.5. The van der Waals surface area contributed by atoms with Gasteiger partial charge in [-0.1, -0.05) is 5.16 Å². The first kappa shape index (κ1) is 25.1. The van der Waals surface area contributed by atoms with Gasteiger partial charge in [-0.2, -0.15) is 5.10 Å². The molecule has 0 atom stereocenters. The van der Waals surface area contributed by atoms with Crippen LogP contribution in [0.3, 0.4) is 0 Å². The Morgan fingerprint density at radius 3 is 2.47 bits per heavy atom.